The molecule has 3 rings (SSSR count). The van der Waals surface area contributed by atoms with Gasteiger partial charge in [0.05, 0.1) is 17.9 Å². The molecule has 3 atom stereocenters. The Labute approximate surface area is 164 Å². The number of carbonyl (C=O) groups excluding carboxylic acids is 3. The summed E-state index contributed by atoms with van der Waals surface area (Å²) in [5.74, 6) is -0.747. The fourth-order valence-electron chi connectivity index (χ4n) is 3.85. The second-order valence-corrected chi connectivity index (χ2v) is 8.01. The van der Waals surface area contributed by atoms with Crippen LogP contribution in [0.2, 0.25) is 5.02 Å². The van der Waals surface area contributed by atoms with Crippen molar-refractivity contribution in [2.24, 2.45) is 17.8 Å². The van der Waals surface area contributed by atoms with Gasteiger partial charge in [0.25, 0.3) is 0 Å². The zero-order valence-electron chi connectivity index (χ0n) is 15.7. The third kappa shape index (κ3) is 4.24. The SMILES string of the molecule is CC(C)[C@H](NC(=O)CCN1C(=O)[C@H]2CC=CC[C@@H]2C1=O)c1ccc(Cl)cc1. The van der Waals surface area contributed by atoms with Crippen molar-refractivity contribution in [3.8, 4) is 0 Å². The summed E-state index contributed by atoms with van der Waals surface area (Å²) in [6.07, 6.45) is 5.26. The van der Waals surface area contributed by atoms with Crippen molar-refractivity contribution >= 4 is 29.3 Å². The maximum Gasteiger partial charge on any atom is 0.233 e. The van der Waals surface area contributed by atoms with Gasteiger partial charge in [-0.2, -0.15) is 0 Å². The molecule has 1 saturated heterocycles. The first kappa shape index (κ1) is 19.6. The third-order valence-electron chi connectivity index (χ3n) is 5.37. The van der Waals surface area contributed by atoms with E-state index in [-0.39, 0.29) is 54.5 Å². The molecular formula is C21H25ClN2O3. The van der Waals surface area contributed by atoms with Crippen molar-refractivity contribution in [2.45, 2.75) is 39.2 Å². The van der Waals surface area contributed by atoms with E-state index in [0.29, 0.717) is 17.9 Å². The van der Waals surface area contributed by atoms with E-state index in [1.165, 1.54) is 4.90 Å². The van der Waals surface area contributed by atoms with Gasteiger partial charge in [-0.25, -0.2) is 0 Å². The van der Waals surface area contributed by atoms with Crippen molar-refractivity contribution in [2.75, 3.05) is 6.54 Å². The first-order valence-electron chi connectivity index (χ1n) is 9.43. The predicted octanol–water partition coefficient (Wildman–Crippen LogP) is 3.49. The Balaban J connectivity index is 1.59. The first-order valence-corrected chi connectivity index (χ1v) is 9.81. The lowest BCUT2D eigenvalue weighted by molar-refractivity contribution is -0.140. The van der Waals surface area contributed by atoms with Crippen molar-refractivity contribution in [1.29, 1.82) is 0 Å². The van der Waals surface area contributed by atoms with Gasteiger partial charge >= 0.3 is 0 Å². The van der Waals surface area contributed by atoms with Gasteiger partial charge in [0.15, 0.2) is 0 Å². The number of likely N-dealkylation sites (tertiary alicyclic amines) is 1. The summed E-state index contributed by atoms with van der Waals surface area (Å²) in [6.45, 7) is 4.21. The van der Waals surface area contributed by atoms with Crippen LogP contribution in [-0.4, -0.2) is 29.2 Å². The Morgan fingerprint density at radius 3 is 2.19 bits per heavy atom. The molecule has 3 amide bonds. The minimum atomic E-state index is -0.247. The van der Waals surface area contributed by atoms with E-state index < -0.39 is 0 Å². The molecule has 0 bridgehead atoms. The summed E-state index contributed by atoms with van der Waals surface area (Å²) in [5.41, 5.74) is 0.980. The van der Waals surface area contributed by atoms with Crippen molar-refractivity contribution in [3.05, 3.63) is 47.0 Å². The molecule has 1 aromatic rings. The molecule has 27 heavy (non-hydrogen) atoms. The van der Waals surface area contributed by atoms with Crippen LogP contribution in [0.15, 0.2) is 36.4 Å². The number of nitrogens with zero attached hydrogens (tertiary/aromatic N) is 1. The molecule has 5 nitrogen and oxygen atoms in total. The Hall–Kier alpha value is -2.14. The molecule has 1 N–H and O–H groups in total. The van der Waals surface area contributed by atoms with E-state index in [1.54, 1.807) is 12.1 Å². The average molecular weight is 389 g/mol. The Kier molecular flexibility index (Phi) is 6.00. The fraction of sp³-hybridized carbons (Fsp3) is 0.476. The fourth-order valence-corrected chi connectivity index (χ4v) is 3.98. The topological polar surface area (TPSA) is 66.5 Å². The molecule has 1 heterocycles. The van der Waals surface area contributed by atoms with Gasteiger partial charge in [-0.3, -0.25) is 19.3 Å². The molecule has 0 radical (unpaired) electrons. The molecule has 0 saturated carbocycles. The second kappa shape index (κ2) is 8.26. The molecule has 6 heteroatoms. The summed E-state index contributed by atoms with van der Waals surface area (Å²) < 4.78 is 0. The number of allylic oxidation sites excluding steroid dienone is 2. The Morgan fingerprint density at radius 1 is 1.11 bits per heavy atom. The van der Waals surface area contributed by atoms with Crippen LogP contribution in [0.3, 0.4) is 0 Å². The van der Waals surface area contributed by atoms with Crippen LogP contribution < -0.4 is 5.32 Å². The molecule has 1 aromatic carbocycles. The van der Waals surface area contributed by atoms with E-state index in [2.05, 4.69) is 5.32 Å². The number of rotatable bonds is 6. The van der Waals surface area contributed by atoms with Gasteiger partial charge in [-0.05, 0) is 36.5 Å². The summed E-state index contributed by atoms with van der Waals surface area (Å²) in [4.78, 5) is 38.7. The van der Waals surface area contributed by atoms with E-state index in [4.69, 9.17) is 11.6 Å². The lowest BCUT2D eigenvalue weighted by Crippen LogP contribution is -2.37. The molecule has 0 unspecified atom stereocenters. The van der Waals surface area contributed by atoms with Crippen LogP contribution in [0.25, 0.3) is 0 Å². The van der Waals surface area contributed by atoms with Crippen LogP contribution in [0.1, 0.15) is 44.7 Å². The van der Waals surface area contributed by atoms with Gasteiger partial charge < -0.3 is 5.32 Å². The highest BCUT2D eigenvalue weighted by Crippen LogP contribution is 2.35. The number of hydrogen-bond acceptors (Lipinski definition) is 3. The number of nitrogens with one attached hydrogen (secondary N) is 1. The number of halogens is 1. The van der Waals surface area contributed by atoms with Gasteiger partial charge in [0, 0.05) is 18.0 Å². The lowest BCUT2D eigenvalue weighted by Gasteiger charge is -2.23. The molecule has 1 fully saturated rings. The predicted molar refractivity (Wildman–Crippen MR) is 104 cm³/mol. The lowest BCUT2D eigenvalue weighted by atomic mass is 9.85. The standard InChI is InChI=1S/C21H25ClN2O3/c1-13(2)19(14-7-9-15(22)10-8-14)23-18(25)11-12-24-20(26)16-5-3-4-6-17(16)21(24)27/h3-4,7-10,13,16-17,19H,5-6,11-12H2,1-2H3,(H,23,25)/t16-,17-,19-/m0/s1. The zero-order chi connectivity index (χ0) is 19.6. The Bertz CT molecular complexity index is 731. The van der Waals surface area contributed by atoms with Gasteiger partial charge in [-0.15, -0.1) is 0 Å². The van der Waals surface area contributed by atoms with E-state index >= 15 is 0 Å². The van der Waals surface area contributed by atoms with E-state index in [1.807, 2.05) is 38.1 Å². The highest BCUT2D eigenvalue weighted by atomic mass is 35.5. The van der Waals surface area contributed by atoms with Gasteiger partial charge in [-0.1, -0.05) is 49.7 Å². The maximum atomic E-state index is 12.5. The molecule has 2 aliphatic rings. The number of imide groups is 1. The minimum Gasteiger partial charge on any atom is -0.349 e. The first-order chi connectivity index (χ1) is 12.9. The highest BCUT2D eigenvalue weighted by Gasteiger charge is 2.46. The molecule has 144 valence electrons. The molecular weight excluding hydrogens is 364 g/mol. The van der Waals surface area contributed by atoms with Gasteiger partial charge in [0.2, 0.25) is 17.7 Å². The second-order valence-electron chi connectivity index (χ2n) is 7.57. The summed E-state index contributed by atoms with van der Waals surface area (Å²) in [5, 5.41) is 3.67. The van der Waals surface area contributed by atoms with Gasteiger partial charge in [0.1, 0.15) is 0 Å². The number of hydrogen-bond donors (Lipinski definition) is 1. The monoisotopic (exact) mass is 388 g/mol. The third-order valence-corrected chi connectivity index (χ3v) is 5.63. The number of carbonyl (C=O) groups is 3. The van der Waals surface area contributed by atoms with Crippen molar-refractivity contribution in [1.82, 2.24) is 10.2 Å². The summed E-state index contributed by atoms with van der Waals surface area (Å²) in [6, 6.07) is 7.26. The summed E-state index contributed by atoms with van der Waals surface area (Å²) in [7, 11) is 0. The van der Waals surface area contributed by atoms with Crippen molar-refractivity contribution < 1.29 is 14.4 Å². The normalized spacial score (nSPS) is 22.9. The quantitative estimate of drug-likeness (QED) is 0.599. The Morgan fingerprint density at radius 2 is 1.67 bits per heavy atom. The highest BCUT2D eigenvalue weighted by molar-refractivity contribution is 6.30. The molecule has 1 aliphatic heterocycles. The molecule has 0 spiro atoms. The van der Waals surface area contributed by atoms with E-state index in [0.717, 1.165) is 5.56 Å². The number of amides is 3. The van der Waals surface area contributed by atoms with Crippen LogP contribution in [0, 0.1) is 17.8 Å². The van der Waals surface area contributed by atoms with Crippen LogP contribution in [-0.2, 0) is 14.4 Å². The number of benzene rings is 1. The zero-order valence-corrected chi connectivity index (χ0v) is 16.4. The largest absolute Gasteiger partial charge is 0.349 e. The van der Waals surface area contributed by atoms with Crippen LogP contribution in [0.5, 0.6) is 0 Å². The van der Waals surface area contributed by atoms with E-state index in [9.17, 15) is 14.4 Å². The van der Waals surface area contributed by atoms with Crippen LogP contribution >= 0.6 is 11.6 Å². The number of fused-ring (bicyclic) bond motifs is 1. The average Bonchev–Trinajstić information content (AvgIpc) is 2.90. The van der Waals surface area contributed by atoms with Crippen molar-refractivity contribution in [3.63, 3.8) is 0 Å². The minimum absolute atomic E-state index is 0.112. The molecule has 0 aromatic heterocycles. The molecule has 1 aliphatic carbocycles. The van der Waals surface area contributed by atoms with Crippen LogP contribution in [0.4, 0.5) is 0 Å². The maximum absolute atomic E-state index is 12.5. The summed E-state index contributed by atoms with van der Waals surface area (Å²) >= 11 is 5.94. The smallest absolute Gasteiger partial charge is 0.233 e.